The number of aliphatic hydroxyl groups is 4. The highest BCUT2D eigenvalue weighted by atomic mass is 16.7. The Bertz CT molecular complexity index is 1040. The van der Waals surface area contributed by atoms with Crippen molar-refractivity contribution >= 4 is 11.8 Å². The Morgan fingerprint density at radius 2 is 1.48 bits per heavy atom. The largest absolute Gasteiger partial charge is 0.481 e. The molecule has 44 heavy (non-hydrogen) atoms. The Labute approximate surface area is 263 Å². The molecule has 3 aliphatic heterocycles. The average Bonchev–Trinajstić information content (AvgIpc) is 3.43. The summed E-state index contributed by atoms with van der Waals surface area (Å²) in [7, 11) is 0. The van der Waals surface area contributed by atoms with Crippen LogP contribution < -0.4 is 0 Å². The number of hydrogen-bond acceptors (Lipinski definition) is 9. The third-order valence-corrected chi connectivity index (χ3v) is 12.0. The van der Waals surface area contributed by atoms with Crippen molar-refractivity contribution in [2.24, 2.45) is 47.3 Å². The number of carbonyl (C=O) groups is 2. The summed E-state index contributed by atoms with van der Waals surface area (Å²) in [6.45, 7) is 19.9. The SMILES string of the molecule is CC[C@H](C(=O)[C@H](C)[C@@H](O)[C@H](C)[C@H]1O[C@@](O)([C@@H](C)C(=O)O)[C@@H](C)C[C@@H]1C)[C@H]1O[C@@](C)([C@@]2(O)O[C@](CC)([C@@H](C)O)C[C@@H]2C)C[C@@H]1C. The first-order valence-electron chi connectivity index (χ1n) is 16.8. The first-order valence-corrected chi connectivity index (χ1v) is 16.8. The number of hydrogen-bond donors (Lipinski definition) is 5. The Kier molecular flexibility index (Phi) is 11.2. The van der Waals surface area contributed by atoms with Gasteiger partial charge < -0.3 is 39.7 Å². The quantitative estimate of drug-likeness (QED) is 0.212. The zero-order valence-electron chi connectivity index (χ0n) is 28.7. The van der Waals surface area contributed by atoms with E-state index in [0.717, 1.165) is 0 Å². The van der Waals surface area contributed by atoms with E-state index in [1.165, 1.54) is 6.92 Å². The van der Waals surface area contributed by atoms with Crippen molar-refractivity contribution in [2.45, 2.75) is 155 Å². The van der Waals surface area contributed by atoms with Gasteiger partial charge in [-0.3, -0.25) is 9.59 Å². The topological polar surface area (TPSA) is 163 Å². The van der Waals surface area contributed by atoms with Crippen LogP contribution in [0.5, 0.6) is 0 Å². The zero-order valence-corrected chi connectivity index (χ0v) is 28.7. The minimum Gasteiger partial charge on any atom is -0.481 e. The number of carbonyl (C=O) groups excluding carboxylic acids is 1. The van der Waals surface area contributed by atoms with Crippen LogP contribution in [0.25, 0.3) is 0 Å². The van der Waals surface area contributed by atoms with Crippen LogP contribution in [-0.2, 0) is 23.8 Å². The highest BCUT2D eigenvalue weighted by molar-refractivity contribution is 5.84. The molecule has 3 saturated heterocycles. The maximum Gasteiger partial charge on any atom is 0.311 e. The maximum absolute atomic E-state index is 14.1. The minimum absolute atomic E-state index is 0.0786. The van der Waals surface area contributed by atoms with Gasteiger partial charge in [0.05, 0.1) is 30.0 Å². The maximum atomic E-state index is 14.1. The van der Waals surface area contributed by atoms with Crippen LogP contribution in [-0.4, -0.2) is 84.5 Å². The average molecular weight is 629 g/mol. The summed E-state index contributed by atoms with van der Waals surface area (Å²) >= 11 is 0. The molecule has 5 N–H and O–H groups in total. The van der Waals surface area contributed by atoms with Gasteiger partial charge in [0.2, 0.25) is 0 Å². The highest BCUT2D eigenvalue weighted by Gasteiger charge is 2.66. The molecule has 10 heteroatoms. The molecule has 3 heterocycles. The van der Waals surface area contributed by atoms with Gasteiger partial charge in [-0.25, -0.2) is 0 Å². The number of aliphatic carboxylic acids is 1. The predicted molar refractivity (Wildman–Crippen MR) is 164 cm³/mol. The molecule has 3 aliphatic rings. The van der Waals surface area contributed by atoms with E-state index in [4.69, 9.17) is 14.2 Å². The van der Waals surface area contributed by atoms with Gasteiger partial charge >= 0.3 is 5.97 Å². The molecule has 0 unspecified atom stereocenters. The second-order valence-electron chi connectivity index (χ2n) is 15.1. The Balaban J connectivity index is 1.80. The normalized spacial score (nSPS) is 45.3. The van der Waals surface area contributed by atoms with Gasteiger partial charge in [0, 0.05) is 29.6 Å². The monoisotopic (exact) mass is 628 g/mol. The van der Waals surface area contributed by atoms with Crippen molar-refractivity contribution in [1.82, 2.24) is 0 Å². The predicted octanol–water partition coefficient (Wildman–Crippen LogP) is 4.14. The molecular weight excluding hydrogens is 568 g/mol. The molecule has 10 nitrogen and oxygen atoms in total. The van der Waals surface area contributed by atoms with E-state index in [1.54, 1.807) is 27.7 Å². The fourth-order valence-corrected chi connectivity index (χ4v) is 8.80. The smallest absolute Gasteiger partial charge is 0.311 e. The van der Waals surface area contributed by atoms with E-state index in [0.29, 0.717) is 32.1 Å². The van der Waals surface area contributed by atoms with Gasteiger partial charge in [-0.15, -0.1) is 0 Å². The molecule has 3 rings (SSSR count). The summed E-state index contributed by atoms with van der Waals surface area (Å²) < 4.78 is 19.1. The molecular formula is C34H60O10. The molecule has 0 amide bonds. The lowest BCUT2D eigenvalue weighted by Gasteiger charge is -2.49. The van der Waals surface area contributed by atoms with E-state index < -0.39 is 82.8 Å². The summed E-state index contributed by atoms with van der Waals surface area (Å²) in [5.74, 6) is -8.84. The summed E-state index contributed by atoms with van der Waals surface area (Å²) in [5.41, 5.74) is -2.00. The summed E-state index contributed by atoms with van der Waals surface area (Å²) in [4.78, 5) is 25.8. The van der Waals surface area contributed by atoms with E-state index >= 15 is 0 Å². The number of carboxylic acid groups (broad SMARTS) is 1. The molecule has 256 valence electrons. The lowest BCUT2D eigenvalue weighted by molar-refractivity contribution is -0.331. The number of Topliss-reactive ketones (excluding diaryl/α,β-unsaturated/α-hetero) is 1. The molecule has 0 aromatic heterocycles. The fourth-order valence-electron chi connectivity index (χ4n) is 8.80. The van der Waals surface area contributed by atoms with Gasteiger partial charge in [0.1, 0.15) is 17.3 Å². The minimum atomic E-state index is -1.89. The standard InChI is InChI=1S/C34H60O10/c1-12-25(29-18(4)15-31(11,42-29)34(41)20(6)16-32(13-2,44-34)24(10)35)27(37)21(7)26(36)22(8)28-17(3)14-19(5)33(40,43-28)23(9)30(38)39/h17-26,28-29,35-36,40-41H,12-16H2,1-11H3,(H,38,39)/t17-,18-,19-,20-,21+,22-,23-,24+,25+,26+,28-,29-,31+,32-,33+,34-/m0/s1. The number of carboxylic acids is 1. The van der Waals surface area contributed by atoms with Crippen molar-refractivity contribution < 1.29 is 49.3 Å². The third kappa shape index (κ3) is 6.14. The van der Waals surface area contributed by atoms with Crippen molar-refractivity contribution in [3.63, 3.8) is 0 Å². The summed E-state index contributed by atoms with van der Waals surface area (Å²) in [6.07, 6.45) is -0.601. The Morgan fingerprint density at radius 1 is 0.886 bits per heavy atom. The van der Waals surface area contributed by atoms with Crippen LogP contribution >= 0.6 is 0 Å². The van der Waals surface area contributed by atoms with Crippen molar-refractivity contribution in [3.05, 3.63) is 0 Å². The van der Waals surface area contributed by atoms with Crippen molar-refractivity contribution in [1.29, 1.82) is 0 Å². The number of ether oxygens (including phenoxy) is 3. The van der Waals surface area contributed by atoms with Crippen molar-refractivity contribution in [2.75, 3.05) is 0 Å². The van der Waals surface area contributed by atoms with E-state index in [-0.39, 0.29) is 23.5 Å². The first-order chi connectivity index (χ1) is 20.2. The Morgan fingerprint density at radius 3 is 1.95 bits per heavy atom. The second-order valence-corrected chi connectivity index (χ2v) is 15.1. The molecule has 0 aromatic carbocycles. The van der Waals surface area contributed by atoms with Gasteiger partial charge in [-0.1, -0.05) is 55.4 Å². The third-order valence-electron chi connectivity index (χ3n) is 12.0. The molecule has 3 fully saturated rings. The van der Waals surface area contributed by atoms with Crippen LogP contribution in [0.1, 0.15) is 108 Å². The van der Waals surface area contributed by atoms with Crippen LogP contribution in [0.4, 0.5) is 0 Å². The number of ketones is 1. The van der Waals surface area contributed by atoms with E-state index in [2.05, 4.69) is 0 Å². The summed E-state index contributed by atoms with van der Waals surface area (Å²) in [5, 5.41) is 55.0. The highest BCUT2D eigenvalue weighted by Crippen LogP contribution is 2.56. The van der Waals surface area contributed by atoms with Gasteiger partial charge in [-0.2, -0.15) is 0 Å². The second kappa shape index (κ2) is 13.2. The van der Waals surface area contributed by atoms with Crippen LogP contribution in [0.2, 0.25) is 0 Å². The van der Waals surface area contributed by atoms with Gasteiger partial charge in [0.25, 0.3) is 0 Å². The van der Waals surface area contributed by atoms with E-state index in [1.807, 2.05) is 41.5 Å². The van der Waals surface area contributed by atoms with Gasteiger partial charge in [0.15, 0.2) is 11.6 Å². The fraction of sp³-hybridized carbons (Fsp3) is 0.941. The number of aliphatic hydroxyl groups excluding tert-OH is 2. The lowest BCUT2D eigenvalue weighted by atomic mass is 9.72. The lowest BCUT2D eigenvalue weighted by Crippen LogP contribution is -2.58. The molecule has 0 radical (unpaired) electrons. The molecule has 0 aliphatic carbocycles. The van der Waals surface area contributed by atoms with Crippen LogP contribution in [0.3, 0.4) is 0 Å². The first kappa shape index (κ1) is 37.3. The van der Waals surface area contributed by atoms with E-state index in [9.17, 15) is 35.1 Å². The van der Waals surface area contributed by atoms with Crippen LogP contribution in [0, 0.1) is 47.3 Å². The molecule has 16 atom stereocenters. The molecule has 0 aromatic rings. The van der Waals surface area contributed by atoms with Crippen LogP contribution in [0.15, 0.2) is 0 Å². The molecule has 0 saturated carbocycles. The van der Waals surface area contributed by atoms with Gasteiger partial charge in [-0.05, 0) is 64.7 Å². The number of rotatable bonds is 12. The molecule has 0 spiro atoms. The zero-order chi connectivity index (χ0) is 33.7. The summed E-state index contributed by atoms with van der Waals surface area (Å²) in [6, 6.07) is 0. The van der Waals surface area contributed by atoms with Crippen molar-refractivity contribution in [3.8, 4) is 0 Å². The Hall–Kier alpha value is -1.14. The molecule has 0 bridgehead atoms.